The predicted molar refractivity (Wildman–Crippen MR) is 113 cm³/mol. The number of para-hydroxylation sites is 1. The fraction of sp³-hybridized carbons (Fsp3) is 0.0909. The van der Waals surface area contributed by atoms with Gasteiger partial charge in [0, 0.05) is 22.5 Å². The third kappa shape index (κ3) is 5.73. The number of amides is 2. The minimum atomic E-state index is -0.372. The number of rotatable bonds is 7. The number of methoxy groups -OCH3 is 1. The van der Waals surface area contributed by atoms with Crippen LogP contribution in [0.15, 0.2) is 72.8 Å². The van der Waals surface area contributed by atoms with E-state index in [4.69, 9.17) is 21.1 Å². The summed E-state index contributed by atoms with van der Waals surface area (Å²) in [4.78, 5) is 24.6. The number of hydrogen-bond donors (Lipinski definition) is 2. The number of benzene rings is 3. The second-order valence-corrected chi connectivity index (χ2v) is 6.47. The average molecular weight is 411 g/mol. The fourth-order valence-electron chi connectivity index (χ4n) is 2.59. The zero-order valence-electron chi connectivity index (χ0n) is 15.6. The van der Waals surface area contributed by atoms with Gasteiger partial charge in [0.25, 0.3) is 11.8 Å². The average Bonchev–Trinajstić information content (AvgIpc) is 2.73. The summed E-state index contributed by atoms with van der Waals surface area (Å²) >= 11 is 5.98. The molecule has 2 amide bonds. The minimum absolute atomic E-state index is 0.158. The molecule has 0 bridgehead atoms. The number of ether oxygens (including phenoxy) is 2. The van der Waals surface area contributed by atoms with Crippen molar-refractivity contribution in [1.82, 2.24) is 0 Å². The van der Waals surface area contributed by atoms with E-state index in [1.807, 2.05) is 18.2 Å². The monoisotopic (exact) mass is 410 g/mol. The molecular weight excluding hydrogens is 392 g/mol. The largest absolute Gasteiger partial charge is 0.496 e. The van der Waals surface area contributed by atoms with Crippen LogP contribution in [0.2, 0.25) is 5.02 Å². The molecule has 0 aliphatic heterocycles. The first-order chi connectivity index (χ1) is 14.0. The Kier molecular flexibility index (Phi) is 6.71. The van der Waals surface area contributed by atoms with Crippen molar-refractivity contribution in [3.8, 4) is 11.5 Å². The first-order valence-corrected chi connectivity index (χ1v) is 9.15. The smallest absolute Gasteiger partial charge is 0.262 e. The molecule has 0 spiro atoms. The molecule has 0 aliphatic rings. The van der Waals surface area contributed by atoms with Gasteiger partial charge in [0.2, 0.25) is 0 Å². The van der Waals surface area contributed by atoms with Gasteiger partial charge < -0.3 is 20.1 Å². The van der Waals surface area contributed by atoms with Gasteiger partial charge in [-0.2, -0.15) is 0 Å². The standard InChI is InChI=1S/C22H19ClN2O4/c1-28-20-11-10-15(23)12-19(20)22(27)25-17-8-5-9-18(13-17)29-14-21(26)24-16-6-3-2-4-7-16/h2-13H,14H2,1H3,(H,24,26)(H,25,27). The van der Waals surface area contributed by atoms with Crippen molar-refractivity contribution in [3.05, 3.63) is 83.4 Å². The predicted octanol–water partition coefficient (Wildman–Crippen LogP) is 4.62. The van der Waals surface area contributed by atoms with Crippen LogP contribution in [0, 0.1) is 0 Å². The molecule has 0 aromatic heterocycles. The third-order valence-electron chi connectivity index (χ3n) is 3.93. The molecule has 0 saturated heterocycles. The Labute approximate surface area is 173 Å². The van der Waals surface area contributed by atoms with E-state index in [1.54, 1.807) is 48.5 Å². The van der Waals surface area contributed by atoms with Gasteiger partial charge in [-0.15, -0.1) is 0 Å². The molecule has 0 unspecified atom stereocenters. The Bertz CT molecular complexity index is 1010. The lowest BCUT2D eigenvalue weighted by Crippen LogP contribution is -2.20. The van der Waals surface area contributed by atoms with Crippen LogP contribution in [0.5, 0.6) is 11.5 Å². The van der Waals surface area contributed by atoms with Crippen LogP contribution in [0.4, 0.5) is 11.4 Å². The number of hydrogen-bond acceptors (Lipinski definition) is 4. The highest BCUT2D eigenvalue weighted by Gasteiger charge is 2.13. The summed E-state index contributed by atoms with van der Waals surface area (Å²) in [6, 6.07) is 20.7. The topological polar surface area (TPSA) is 76.7 Å². The van der Waals surface area contributed by atoms with Crippen LogP contribution in [0.1, 0.15) is 10.4 Å². The molecule has 3 aromatic carbocycles. The van der Waals surface area contributed by atoms with Crippen LogP contribution in [0.25, 0.3) is 0 Å². The lowest BCUT2D eigenvalue weighted by molar-refractivity contribution is -0.118. The Balaban J connectivity index is 1.61. The van der Waals surface area contributed by atoms with Crippen LogP contribution in [0.3, 0.4) is 0 Å². The number of carbonyl (C=O) groups excluding carboxylic acids is 2. The molecular formula is C22H19ClN2O4. The second kappa shape index (κ2) is 9.61. The zero-order chi connectivity index (χ0) is 20.6. The fourth-order valence-corrected chi connectivity index (χ4v) is 2.76. The summed E-state index contributed by atoms with van der Waals surface area (Å²) in [7, 11) is 1.48. The van der Waals surface area contributed by atoms with Crippen LogP contribution in [-0.4, -0.2) is 25.5 Å². The maximum atomic E-state index is 12.6. The van der Waals surface area contributed by atoms with Crippen LogP contribution < -0.4 is 20.1 Å². The molecule has 3 rings (SSSR count). The highest BCUT2D eigenvalue weighted by molar-refractivity contribution is 6.31. The minimum Gasteiger partial charge on any atom is -0.496 e. The van der Waals surface area contributed by atoms with Gasteiger partial charge in [0.05, 0.1) is 12.7 Å². The number of nitrogens with one attached hydrogen (secondary N) is 2. The van der Waals surface area contributed by atoms with Crippen LogP contribution in [-0.2, 0) is 4.79 Å². The molecule has 2 N–H and O–H groups in total. The van der Waals surface area contributed by atoms with Gasteiger partial charge in [-0.05, 0) is 42.5 Å². The van der Waals surface area contributed by atoms with Crippen molar-refractivity contribution < 1.29 is 19.1 Å². The van der Waals surface area contributed by atoms with Crippen molar-refractivity contribution >= 4 is 34.8 Å². The molecule has 7 heteroatoms. The summed E-state index contributed by atoms with van der Waals surface area (Å²) in [5, 5.41) is 5.94. The van der Waals surface area contributed by atoms with Gasteiger partial charge in [-0.25, -0.2) is 0 Å². The first kappa shape index (κ1) is 20.2. The van der Waals surface area contributed by atoms with Crippen molar-refractivity contribution in [2.24, 2.45) is 0 Å². The normalized spacial score (nSPS) is 10.1. The quantitative estimate of drug-likeness (QED) is 0.596. The summed E-state index contributed by atoms with van der Waals surface area (Å²) in [6.07, 6.45) is 0. The molecule has 6 nitrogen and oxygen atoms in total. The van der Waals surface area contributed by atoms with E-state index >= 15 is 0 Å². The van der Waals surface area contributed by atoms with E-state index in [-0.39, 0.29) is 18.4 Å². The maximum absolute atomic E-state index is 12.6. The van der Waals surface area contributed by atoms with Gasteiger partial charge in [-0.1, -0.05) is 35.9 Å². The molecule has 0 radical (unpaired) electrons. The summed E-state index contributed by atoms with van der Waals surface area (Å²) < 4.78 is 10.7. The number of halogens is 1. The van der Waals surface area contributed by atoms with E-state index < -0.39 is 0 Å². The summed E-state index contributed by atoms with van der Waals surface area (Å²) in [5.74, 6) is 0.207. The van der Waals surface area contributed by atoms with Crippen LogP contribution >= 0.6 is 11.6 Å². The lowest BCUT2D eigenvalue weighted by atomic mass is 10.2. The zero-order valence-corrected chi connectivity index (χ0v) is 16.4. The van der Waals surface area contributed by atoms with Gasteiger partial charge in [-0.3, -0.25) is 9.59 Å². The highest BCUT2D eigenvalue weighted by Crippen LogP contribution is 2.24. The lowest BCUT2D eigenvalue weighted by Gasteiger charge is -2.11. The SMILES string of the molecule is COc1ccc(Cl)cc1C(=O)Nc1cccc(OCC(=O)Nc2ccccc2)c1. The first-order valence-electron chi connectivity index (χ1n) is 8.78. The Morgan fingerprint density at radius 1 is 0.897 bits per heavy atom. The molecule has 0 atom stereocenters. The molecule has 148 valence electrons. The number of carbonyl (C=O) groups is 2. The summed E-state index contributed by atoms with van der Waals surface area (Å²) in [6.45, 7) is -0.158. The van der Waals surface area contributed by atoms with E-state index in [0.717, 1.165) is 0 Å². The van der Waals surface area contributed by atoms with Crippen molar-refractivity contribution in [1.29, 1.82) is 0 Å². The second-order valence-electron chi connectivity index (χ2n) is 6.03. The van der Waals surface area contributed by atoms with Gasteiger partial charge in [0.1, 0.15) is 11.5 Å². The van der Waals surface area contributed by atoms with Gasteiger partial charge >= 0.3 is 0 Å². The molecule has 0 aliphatic carbocycles. The van der Waals surface area contributed by atoms with Crippen molar-refractivity contribution in [2.75, 3.05) is 24.4 Å². The Morgan fingerprint density at radius 2 is 1.66 bits per heavy atom. The highest BCUT2D eigenvalue weighted by atomic mass is 35.5. The molecule has 0 fully saturated rings. The molecule has 3 aromatic rings. The van der Waals surface area contributed by atoms with E-state index in [1.165, 1.54) is 13.2 Å². The van der Waals surface area contributed by atoms with E-state index in [2.05, 4.69) is 10.6 Å². The maximum Gasteiger partial charge on any atom is 0.262 e. The summed E-state index contributed by atoms with van der Waals surface area (Å²) in [5.41, 5.74) is 1.52. The molecule has 29 heavy (non-hydrogen) atoms. The number of anilines is 2. The van der Waals surface area contributed by atoms with Gasteiger partial charge in [0.15, 0.2) is 6.61 Å². The van der Waals surface area contributed by atoms with E-state index in [9.17, 15) is 9.59 Å². The Morgan fingerprint density at radius 3 is 2.41 bits per heavy atom. The van der Waals surface area contributed by atoms with Crippen molar-refractivity contribution in [2.45, 2.75) is 0 Å². The molecule has 0 heterocycles. The van der Waals surface area contributed by atoms with Crippen molar-refractivity contribution in [3.63, 3.8) is 0 Å². The molecule has 0 saturated carbocycles. The third-order valence-corrected chi connectivity index (χ3v) is 4.16. The van der Waals surface area contributed by atoms with E-state index in [0.29, 0.717) is 33.5 Å². The Hall–Kier alpha value is -3.51.